The number of aryl methyl sites for hydroxylation is 1. The van der Waals surface area contributed by atoms with E-state index in [0.29, 0.717) is 140 Å². The minimum Gasteiger partial charge on any atom is -0.469 e. The number of imidazole rings is 1. The summed E-state index contributed by atoms with van der Waals surface area (Å²) in [4.78, 5) is 121. The standard InChI is InChI=1S/C26H31BrN5O6P.C22H24BrN3O3.C21H19BrN4O2.C19H17BrN2O3.C3H9NO.C2H4O/c1-35-24(33)8-7-23-26(38-39(34,31-10-14-36-15-11-31)32-12-16-37-17-13-32)30-21-6-5-19(27)18-20(21)25(29-23)22-4-2-3-9-28-22;1-14(27)6-8-18-19(10-11-21(28)29-2)26-22(20-5-3-4-12-24-20)16-13-15(23)7-9-17(16)25-18;1-13-12-24-21-17(7-9-19(27)28-2)25-20(16-5-3-4-10-23-16)15-11-14(22)6-8-18(15)26(13)21;1-25-18(24)8-7-15-17(23)10-12-5-6-13(20)11-14(12)19(22-15)16-4-2-3-9-21-16;1-3(5)2-4;1-2-3/h2-6,9,18,23H,7-8,10-17H2,1H3;3-5,7,9,12-14,19,27H,6,8,10-11H2,1-2H3;3-6,8,10-12,17H,7,9H2,1-2H3;2-6,9,11,15H,7-8,10H2,1H3;3,5H,2,4H2,1H3;2H,1H3/t23-;14?,19-;17-;15-;;/m0000../s1/i;1D3,14D;1D3;;1D3,3D;1D3,2D. The van der Waals surface area contributed by atoms with Crippen molar-refractivity contribution in [2.24, 2.45) is 35.7 Å². The minimum atomic E-state index is -3.60. The van der Waals surface area contributed by atoms with E-state index < -0.39 is 90.2 Å². The lowest BCUT2D eigenvalue weighted by atomic mass is 9.97. The lowest BCUT2D eigenvalue weighted by molar-refractivity contribution is -0.141. The molecule has 0 bridgehead atoms. The second kappa shape index (κ2) is 50.7. The number of rotatable bonds is 23. The van der Waals surface area contributed by atoms with Crippen LogP contribution in [0.3, 0.4) is 0 Å². The number of Topliss-reactive ketones (excluding diaryl/α,β-unsaturated/α-hetero) is 1. The molecule has 2 unspecified atom stereocenters. The zero-order chi connectivity index (χ0) is 105. The van der Waals surface area contributed by atoms with Crippen molar-refractivity contribution in [3.8, 4) is 5.69 Å². The van der Waals surface area contributed by atoms with Crippen LogP contribution in [0.5, 0.6) is 0 Å². The second-order valence-corrected chi connectivity index (χ2v) is 34.5. The smallest absolute Gasteiger partial charge is 0.397 e. The number of morpholine rings is 2. The third kappa shape index (κ3) is 28.6. The number of aliphatic hydroxyl groups is 2. The van der Waals surface area contributed by atoms with Gasteiger partial charge in [-0.1, -0.05) is 94.1 Å². The first-order chi connectivity index (χ1) is 68.1. The molecular weight excluding hydrogens is 1930 g/mol. The predicted molar refractivity (Wildman–Crippen MR) is 507 cm³/mol. The number of carbonyl (C=O) groups excluding carboxylic acids is 6. The van der Waals surface area contributed by atoms with Gasteiger partial charge in [0.05, 0.1) is 138 Å². The summed E-state index contributed by atoms with van der Waals surface area (Å²) in [5, 5.41) is 18.8. The normalized spacial score (nSPS) is 19.9. The van der Waals surface area contributed by atoms with Gasteiger partial charge in [0.1, 0.15) is 31.6 Å². The first-order valence-electron chi connectivity index (χ1n) is 47.9. The SMILES string of the molecule is COC(=O)CC[C@@H]1N=C(c2ccccn2)c2cc(Br)ccc2CC1=O.COC(=O)CC[C@@H]1N=C(c2ccccn2)c2cc(Br)ccc2N=C1OP(=O)(N1CCOCC1)N1CCOCC1.[2H]C(=O)C([2H])([2H])[2H].[2H]C([2H])([2H])C([2H])(O)CCC1=Nc2ccc(Br)cc2C(c2ccccn2)=N[C@H]1CCC(=O)OC.[2H]C([2H])([2H])C([2H])(O)CN.[2H]C([2H])([2H])c1cnc2n1-c1ccc(Br)cc1C(c1ccccn1)=N[C@H]2CCC(=O)OC. The van der Waals surface area contributed by atoms with Crippen LogP contribution in [0.1, 0.15) is 173 Å². The number of nitrogens with two attached hydrogens (primary N) is 1. The number of aromatic nitrogens is 6. The molecule has 2 saturated heterocycles. The first-order valence-corrected chi connectivity index (χ1v) is 45.1. The first kappa shape index (κ1) is 80.7. The Morgan fingerprint density at radius 1 is 0.550 bits per heavy atom. The summed E-state index contributed by atoms with van der Waals surface area (Å²) >= 11 is 14.0. The van der Waals surface area contributed by atoms with Crippen molar-refractivity contribution in [3.63, 3.8) is 0 Å². The van der Waals surface area contributed by atoms with Gasteiger partial charge in [-0.2, -0.15) is 0 Å². The van der Waals surface area contributed by atoms with Gasteiger partial charge in [0.2, 0.25) is 5.90 Å². The fraction of sp³-hybridized carbons (Fsp3) is 0.366. The molecule has 31 nitrogen and oxygen atoms in total. The van der Waals surface area contributed by atoms with E-state index in [2.05, 4.69) is 93.4 Å². The maximum absolute atomic E-state index is 14.8. The van der Waals surface area contributed by atoms with Crippen molar-refractivity contribution in [1.82, 2.24) is 38.8 Å². The van der Waals surface area contributed by atoms with E-state index in [-0.39, 0.29) is 93.1 Å². The molecular formula is C93H104Br4N15O16P. The number of methoxy groups -OCH3 is 4. The summed E-state index contributed by atoms with van der Waals surface area (Å²) in [5.74, 6) is -0.844. The van der Waals surface area contributed by atoms with Crippen LogP contribution >= 0.6 is 71.4 Å². The van der Waals surface area contributed by atoms with E-state index >= 15 is 0 Å². The Hall–Kier alpha value is -10.4. The Morgan fingerprint density at radius 3 is 1.41 bits per heavy atom. The van der Waals surface area contributed by atoms with Crippen LogP contribution in [-0.2, 0) is 72.7 Å². The number of nitrogens with zero attached hydrogens (tertiary/aromatic N) is 14. The quantitative estimate of drug-likeness (QED) is 0.0232. The largest absolute Gasteiger partial charge is 0.469 e. The van der Waals surface area contributed by atoms with E-state index in [4.69, 9.17) is 89.6 Å². The Kier molecular flexibility index (Phi) is 31.7. The molecule has 9 aromatic rings. The van der Waals surface area contributed by atoms with Crippen LogP contribution in [0.4, 0.5) is 11.4 Å². The number of pyridine rings is 4. The van der Waals surface area contributed by atoms with Crippen LogP contribution in [-0.4, -0.2) is 237 Å². The number of ketones is 1. The molecule has 4 N–H and O–H groups in total. The number of ether oxygens (including phenoxy) is 6. The van der Waals surface area contributed by atoms with Gasteiger partial charge in [0.25, 0.3) is 0 Å². The fourth-order valence-corrected chi connectivity index (χ4v) is 17.6. The molecule has 0 aliphatic carbocycles. The Bertz CT molecular complexity index is 6220. The summed E-state index contributed by atoms with van der Waals surface area (Å²) in [6.45, 7) is -7.61. The van der Waals surface area contributed by atoms with Crippen molar-refractivity contribution in [2.45, 2.75) is 134 Å². The van der Waals surface area contributed by atoms with Crippen LogP contribution in [0.15, 0.2) is 224 Å². The molecule has 6 aliphatic rings. The molecule has 6 aliphatic heterocycles. The lowest BCUT2D eigenvalue weighted by Crippen LogP contribution is -2.44. The number of esters is 4. The van der Waals surface area contributed by atoms with Crippen LogP contribution in [0, 0.1) is 6.85 Å². The molecule has 15 rings (SSSR count). The average Bonchev–Trinajstić information content (AvgIpc) is 1.59. The van der Waals surface area contributed by atoms with Gasteiger partial charge in [-0.3, -0.25) is 73.4 Å². The monoisotopic (exact) mass is 2050 g/mol. The van der Waals surface area contributed by atoms with Gasteiger partial charge in [0, 0.05) is 164 Å². The third-order valence-corrected chi connectivity index (χ3v) is 24.7. The van der Waals surface area contributed by atoms with Crippen LogP contribution < -0.4 is 5.73 Å². The van der Waals surface area contributed by atoms with Crippen molar-refractivity contribution < 1.29 is 97.1 Å². The number of aliphatic imine (C=N–C) groups is 6. The highest BCUT2D eigenvalue weighted by Crippen LogP contribution is 2.56. The number of carbonyl (C=O) groups is 6. The zero-order valence-corrected chi connectivity index (χ0v) is 77.8. The van der Waals surface area contributed by atoms with Gasteiger partial charge in [0.15, 0.2) is 5.78 Å². The Morgan fingerprint density at radius 2 is 0.961 bits per heavy atom. The van der Waals surface area contributed by atoms with Gasteiger partial charge >= 0.3 is 31.5 Å². The molecule has 0 saturated carbocycles. The lowest BCUT2D eigenvalue weighted by Gasteiger charge is -2.41. The molecule has 2 fully saturated rings. The number of aldehydes is 1. The topological polar surface area (TPSA) is 401 Å². The van der Waals surface area contributed by atoms with Gasteiger partial charge in [-0.05, 0) is 187 Å². The molecule has 36 heteroatoms. The molecule has 0 amide bonds. The number of fused-ring (bicyclic) bond motifs is 6. The average molecular weight is 2050 g/mol. The highest BCUT2D eigenvalue weighted by Gasteiger charge is 2.45. The molecule has 4 aromatic carbocycles. The van der Waals surface area contributed by atoms with Crippen molar-refractivity contribution in [3.05, 3.63) is 257 Å². The maximum Gasteiger partial charge on any atom is 0.397 e. The summed E-state index contributed by atoms with van der Waals surface area (Å²) in [6.07, 6.45) is 3.00. The number of hydrogen-bond acceptors (Lipinski definition) is 28. The third-order valence-electron chi connectivity index (χ3n) is 20.1. The maximum atomic E-state index is 14.8. The van der Waals surface area contributed by atoms with Gasteiger partial charge < -0.3 is 53.7 Å². The number of hydrogen-bond donors (Lipinski definition) is 3. The Labute approximate surface area is 804 Å². The zero-order valence-electron chi connectivity index (χ0n) is 85.6. The molecule has 129 heavy (non-hydrogen) atoms. The molecule has 680 valence electrons. The number of benzene rings is 4. The van der Waals surface area contributed by atoms with Crippen molar-refractivity contribution in [2.75, 3.05) is 87.6 Å². The van der Waals surface area contributed by atoms with E-state index in [0.717, 1.165) is 45.7 Å². The fourth-order valence-electron chi connectivity index (χ4n) is 13.8. The molecule has 6 atom stereocenters. The predicted octanol–water partition coefficient (Wildman–Crippen LogP) is 14.9. The van der Waals surface area contributed by atoms with E-state index in [9.17, 15) is 38.4 Å². The summed E-state index contributed by atoms with van der Waals surface area (Å²) in [5.41, 5.74) is 16.3. The Balaban J connectivity index is 0.000000189. The minimum absolute atomic E-state index is 0.00148. The molecule has 5 aromatic heterocycles. The summed E-state index contributed by atoms with van der Waals surface area (Å²) < 4.78 is 165. The van der Waals surface area contributed by atoms with E-state index in [1.807, 2.05) is 143 Å². The molecule has 0 spiro atoms. The highest BCUT2D eigenvalue weighted by molar-refractivity contribution is 9.11. The van der Waals surface area contributed by atoms with Crippen molar-refractivity contribution in [1.29, 1.82) is 0 Å². The number of halogens is 4. The second-order valence-electron chi connectivity index (χ2n) is 28.5. The van der Waals surface area contributed by atoms with E-state index in [1.54, 1.807) is 41.5 Å². The van der Waals surface area contributed by atoms with E-state index in [1.165, 1.54) is 34.6 Å². The summed E-state index contributed by atoms with van der Waals surface area (Å²) in [7, 11) is 1.73. The van der Waals surface area contributed by atoms with Gasteiger partial charge in [-0.15, -0.1) is 0 Å². The van der Waals surface area contributed by atoms with Gasteiger partial charge in [-0.25, -0.2) is 23.9 Å². The molecule has 0 radical (unpaired) electrons. The van der Waals surface area contributed by atoms with Crippen LogP contribution in [0.25, 0.3) is 5.69 Å². The van der Waals surface area contributed by atoms with Crippen molar-refractivity contribution >= 4 is 153 Å². The van der Waals surface area contributed by atoms with Crippen LogP contribution in [0.2, 0.25) is 0 Å². The molecule has 11 heterocycles. The highest BCUT2D eigenvalue weighted by atomic mass is 79.9. The summed E-state index contributed by atoms with van der Waals surface area (Å²) in [6, 6.07) is 42.3.